The third-order valence-electron chi connectivity index (χ3n) is 2.76. The van der Waals surface area contributed by atoms with Crippen LogP contribution in [0.2, 0.25) is 0 Å². The zero-order valence-electron chi connectivity index (χ0n) is 11.8. The molecule has 19 heavy (non-hydrogen) atoms. The maximum atomic E-state index is 12.5. The number of halogens is 3. The maximum Gasteiger partial charge on any atom is 1.00 e. The molecule has 0 spiro atoms. The first-order valence-corrected chi connectivity index (χ1v) is 5.72. The molecule has 0 fully saturated rings. The van der Waals surface area contributed by atoms with Gasteiger partial charge in [-0.05, 0) is 26.0 Å². The van der Waals surface area contributed by atoms with Crippen LogP contribution in [0.3, 0.4) is 0 Å². The van der Waals surface area contributed by atoms with E-state index < -0.39 is 12.4 Å². The van der Waals surface area contributed by atoms with Crippen molar-refractivity contribution < 1.29 is 73.8 Å². The molecule has 0 radical (unpaired) electrons. The van der Waals surface area contributed by atoms with Crippen LogP contribution < -0.4 is 61.6 Å². The van der Waals surface area contributed by atoms with Gasteiger partial charge in [0.15, 0.2) is 0 Å². The van der Waals surface area contributed by atoms with E-state index in [0.29, 0.717) is 13.0 Å². The normalized spacial score (nSPS) is 11.9. The first-order valence-electron chi connectivity index (χ1n) is 5.72. The first-order chi connectivity index (χ1) is 8.24. The number of ether oxygens (including phenoxy) is 2. The summed E-state index contributed by atoms with van der Waals surface area (Å²) in [6.45, 7) is -0.873. The molecule has 7 heteroatoms. The number of hydrogen-bond acceptors (Lipinski definition) is 2. The quantitative estimate of drug-likeness (QED) is 0.685. The maximum absolute atomic E-state index is 12.5. The molecule has 102 valence electrons. The van der Waals surface area contributed by atoms with Crippen LogP contribution in [0.15, 0.2) is 24.3 Å². The minimum absolute atomic E-state index is 0. The van der Waals surface area contributed by atoms with Gasteiger partial charge in [-0.1, -0.05) is 12.1 Å². The standard InChI is InChI=1S/C12H17BF3O2.K/c1-12(2,17-3)7-8-18-11-6-4-5-10(9-11)13(14,15)16;/h4-6,9H,7-8H2,1-3H3;/q-1;+1. The molecule has 0 aliphatic heterocycles. The van der Waals surface area contributed by atoms with E-state index in [-0.39, 0.29) is 62.7 Å². The molecule has 0 aromatic heterocycles. The first kappa shape index (κ1) is 19.5. The Morgan fingerprint density at radius 3 is 2.37 bits per heavy atom. The minimum atomic E-state index is -4.98. The smallest absolute Gasteiger partial charge is 0.494 e. The van der Waals surface area contributed by atoms with Crippen molar-refractivity contribution in [3.8, 4) is 5.75 Å². The molecular weight excluding hydrogens is 283 g/mol. The summed E-state index contributed by atoms with van der Waals surface area (Å²) in [5.74, 6) is 0.235. The third kappa shape index (κ3) is 7.15. The van der Waals surface area contributed by atoms with Crippen molar-refractivity contribution in [2.24, 2.45) is 0 Å². The Morgan fingerprint density at radius 2 is 1.84 bits per heavy atom. The molecule has 0 heterocycles. The Bertz CT molecular complexity index is 397. The SMILES string of the molecule is COC(C)(C)CCOc1cccc([B-](F)(F)F)c1.[K+]. The van der Waals surface area contributed by atoms with Gasteiger partial charge in [0.2, 0.25) is 0 Å². The summed E-state index contributed by atoms with van der Waals surface area (Å²) in [7, 11) is 1.59. The van der Waals surface area contributed by atoms with Crippen molar-refractivity contribution in [1.82, 2.24) is 0 Å². The molecule has 0 bridgehead atoms. The summed E-state index contributed by atoms with van der Waals surface area (Å²) in [4.78, 5) is 0. The van der Waals surface area contributed by atoms with E-state index in [9.17, 15) is 12.9 Å². The van der Waals surface area contributed by atoms with Crippen molar-refractivity contribution in [1.29, 1.82) is 0 Å². The Labute approximate surface area is 154 Å². The van der Waals surface area contributed by atoms with Gasteiger partial charge in [0.05, 0.1) is 12.2 Å². The molecule has 0 unspecified atom stereocenters. The van der Waals surface area contributed by atoms with Crippen molar-refractivity contribution >= 4 is 12.4 Å². The van der Waals surface area contributed by atoms with Crippen LogP contribution in [0.5, 0.6) is 5.75 Å². The summed E-state index contributed by atoms with van der Waals surface area (Å²) in [5, 5.41) is 0. The van der Waals surface area contributed by atoms with Crippen LogP contribution in [0.25, 0.3) is 0 Å². The van der Waals surface area contributed by atoms with Crippen LogP contribution in [-0.4, -0.2) is 26.3 Å². The Hall–Kier alpha value is 0.471. The second-order valence-electron chi connectivity index (χ2n) is 4.71. The largest absolute Gasteiger partial charge is 1.00 e. The summed E-state index contributed by atoms with van der Waals surface area (Å²) in [6.07, 6.45) is 0.602. The summed E-state index contributed by atoms with van der Waals surface area (Å²) in [6, 6.07) is 4.94. The second-order valence-corrected chi connectivity index (χ2v) is 4.71. The summed E-state index contributed by atoms with van der Waals surface area (Å²) < 4.78 is 48.1. The van der Waals surface area contributed by atoms with E-state index in [1.807, 2.05) is 13.8 Å². The van der Waals surface area contributed by atoms with Crippen molar-refractivity contribution in [3.63, 3.8) is 0 Å². The molecule has 0 saturated carbocycles. The van der Waals surface area contributed by atoms with E-state index >= 15 is 0 Å². The summed E-state index contributed by atoms with van der Waals surface area (Å²) >= 11 is 0. The number of benzene rings is 1. The van der Waals surface area contributed by atoms with Gasteiger partial charge in [-0.15, -0.1) is 5.46 Å². The Kier molecular flexibility index (Phi) is 8.25. The van der Waals surface area contributed by atoms with Gasteiger partial charge in [-0.3, -0.25) is 0 Å². The van der Waals surface area contributed by atoms with Crippen LogP contribution in [0, 0.1) is 0 Å². The molecule has 0 aliphatic rings. The van der Waals surface area contributed by atoms with Gasteiger partial charge in [-0.25, -0.2) is 0 Å². The number of hydrogen-bond donors (Lipinski definition) is 0. The predicted octanol–water partition coefficient (Wildman–Crippen LogP) is -0.0611. The van der Waals surface area contributed by atoms with Gasteiger partial charge >= 0.3 is 58.4 Å². The molecule has 0 amide bonds. The van der Waals surface area contributed by atoms with Crippen LogP contribution in [0.4, 0.5) is 12.9 Å². The zero-order valence-corrected chi connectivity index (χ0v) is 14.9. The third-order valence-corrected chi connectivity index (χ3v) is 2.76. The molecule has 2 nitrogen and oxygen atoms in total. The number of methoxy groups -OCH3 is 1. The second kappa shape index (κ2) is 8.05. The molecule has 1 aromatic rings. The molecule has 0 N–H and O–H groups in total. The monoisotopic (exact) mass is 300 g/mol. The molecule has 0 aliphatic carbocycles. The van der Waals surface area contributed by atoms with Gasteiger partial charge in [-0.2, -0.15) is 0 Å². The zero-order chi connectivity index (χ0) is 13.8. The van der Waals surface area contributed by atoms with E-state index in [4.69, 9.17) is 9.47 Å². The minimum Gasteiger partial charge on any atom is -0.494 e. The van der Waals surface area contributed by atoms with Crippen LogP contribution in [-0.2, 0) is 4.74 Å². The fraction of sp³-hybridized carbons (Fsp3) is 0.500. The van der Waals surface area contributed by atoms with E-state index in [1.54, 1.807) is 7.11 Å². The van der Waals surface area contributed by atoms with E-state index in [2.05, 4.69) is 0 Å². The Balaban J connectivity index is 0.00000324. The average molecular weight is 300 g/mol. The van der Waals surface area contributed by atoms with Gasteiger partial charge in [0, 0.05) is 13.5 Å². The van der Waals surface area contributed by atoms with Gasteiger partial charge < -0.3 is 22.4 Å². The average Bonchev–Trinajstić information content (AvgIpc) is 2.28. The van der Waals surface area contributed by atoms with Crippen molar-refractivity contribution in [3.05, 3.63) is 24.3 Å². The topological polar surface area (TPSA) is 18.5 Å². The van der Waals surface area contributed by atoms with E-state index in [1.165, 1.54) is 12.1 Å². The molecular formula is C12H17BF3KO2. The van der Waals surface area contributed by atoms with Crippen LogP contribution in [0.1, 0.15) is 20.3 Å². The van der Waals surface area contributed by atoms with E-state index in [0.717, 1.165) is 12.1 Å². The molecule has 1 aromatic carbocycles. The van der Waals surface area contributed by atoms with Crippen molar-refractivity contribution in [2.45, 2.75) is 25.9 Å². The predicted molar refractivity (Wildman–Crippen MR) is 66.4 cm³/mol. The fourth-order valence-electron chi connectivity index (χ4n) is 1.32. The molecule has 0 atom stereocenters. The fourth-order valence-corrected chi connectivity index (χ4v) is 1.32. The van der Waals surface area contributed by atoms with Crippen molar-refractivity contribution in [2.75, 3.05) is 13.7 Å². The molecule has 0 saturated heterocycles. The summed E-state index contributed by atoms with van der Waals surface area (Å²) in [5.41, 5.74) is -0.982. The van der Waals surface area contributed by atoms with Crippen LogP contribution >= 0.6 is 0 Å². The number of rotatable bonds is 6. The molecule has 1 rings (SSSR count). The van der Waals surface area contributed by atoms with Gasteiger partial charge in [0.1, 0.15) is 5.75 Å². The Morgan fingerprint density at radius 1 is 1.21 bits per heavy atom. The van der Waals surface area contributed by atoms with Gasteiger partial charge in [0.25, 0.3) is 0 Å².